The molecule has 9 heteroatoms. The van der Waals surface area contributed by atoms with Crippen LogP contribution in [0.15, 0.2) is 66.7 Å². The molecule has 1 atom stereocenters. The number of anilines is 1. The van der Waals surface area contributed by atoms with Gasteiger partial charge in [0.15, 0.2) is 0 Å². The van der Waals surface area contributed by atoms with Gasteiger partial charge in [-0.15, -0.1) is 0 Å². The minimum absolute atomic E-state index is 0.0770. The SMILES string of the molecule is O=C(NC(Nc1cccc2ccccc12)C(Cl)(Cl)Cl)c1cccc([N+](=O)[O-])c1. The number of hydrogen-bond donors (Lipinski definition) is 2. The molecule has 1 amide bonds. The molecular formula is C19H14Cl3N3O3. The van der Waals surface area contributed by atoms with Crippen molar-refractivity contribution in [2.24, 2.45) is 0 Å². The minimum Gasteiger partial charge on any atom is -0.361 e. The van der Waals surface area contributed by atoms with Crippen molar-refractivity contribution in [1.82, 2.24) is 5.32 Å². The molecule has 0 radical (unpaired) electrons. The largest absolute Gasteiger partial charge is 0.361 e. The third kappa shape index (κ3) is 4.65. The summed E-state index contributed by atoms with van der Waals surface area (Å²) in [6, 6.07) is 18.5. The van der Waals surface area contributed by atoms with E-state index in [1.165, 1.54) is 18.2 Å². The number of benzene rings is 3. The number of carbonyl (C=O) groups is 1. The Balaban J connectivity index is 1.88. The number of nitrogens with zero attached hydrogens (tertiary/aromatic N) is 1. The highest BCUT2D eigenvalue weighted by molar-refractivity contribution is 6.68. The standard InChI is InChI=1S/C19H14Cl3N3O3/c20-19(21,22)18(23-16-10-4-6-12-5-1-2-9-15(12)16)24-17(26)13-7-3-8-14(11-13)25(27)28/h1-11,18,23H,(H,24,26). The summed E-state index contributed by atoms with van der Waals surface area (Å²) >= 11 is 18.2. The number of halogens is 3. The van der Waals surface area contributed by atoms with Crippen LogP contribution in [-0.2, 0) is 0 Å². The van der Waals surface area contributed by atoms with E-state index < -0.39 is 20.8 Å². The van der Waals surface area contributed by atoms with Crippen LogP contribution in [0.1, 0.15) is 10.4 Å². The van der Waals surface area contributed by atoms with Gasteiger partial charge in [-0.25, -0.2) is 0 Å². The Kier molecular flexibility index (Phi) is 5.93. The number of hydrogen-bond acceptors (Lipinski definition) is 4. The van der Waals surface area contributed by atoms with Crippen LogP contribution in [0, 0.1) is 10.1 Å². The number of carbonyl (C=O) groups excluding carboxylic acids is 1. The van der Waals surface area contributed by atoms with Crippen molar-refractivity contribution >= 4 is 62.9 Å². The Morgan fingerprint density at radius 2 is 1.68 bits per heavy atom. The average Bonchev–Trinajstić information content (AvgIpc) is 2.67. The molecule has 28 heavy (non-hydrogen) atoms. The Labute approximate surface area is 175 Å². The van der Waals surface area contributed by atoms with E-state index in [0.29, 0.717) is 5.69 Å². The van der Waals surface area contributed by atoms with Gasteiger partial charge >= 0.3 is 0 Å². The first kappa shape index (κ1) is 20.2. The molecule has 1 unspecified atom stereocenters. The molecule has 0 bridgehead atoms. The molecule has 0 fully saturated rings. The fourth-order valence-corrected chi connectivity index (χ4v) is 3.01. The molecule has 0 saturated heterocycles. The first-order valence-corrected chi connectivity index (χ1v) is 9.25. The van der Waals surface area contributed by atoms with Crippen LogP contribution in [0.4, 0.5) is 11.4 Å². The van der Waals surface area contributed by atoms with Gasteiger partial charge in [-0.2, -0.15) is 0 Å². The summed E-state index contributed by atoms with van der Waals surface area (Å²) in [5.41, 5.74) is 0.530. The van der Waals surface area contributed by atoms with Crippen molar-refractivity contribution in [3.63, 3.8) is 0 Å². The van der Waals surface area contributed by atoms with Crippen LogP contribution < -0.4 is 10.6 Å². The normalized spacial score (nSPS) is 12.4. The zero-order chi connectivity index (χ0) is 20.3. The Hall–Kier alpha value is -2.54. The Bertz CT molecular complexity index is 1030. The quantitative estimate of drug-likeness (QED) is 0.245. The molecule has 2 N–H and O–H groups in total. The number of non-ortho nitro benzene ring substituents is 1. The van der Waals surface area contributed by atoms with E-state index >= 15 is 0 Å². The van der Waals surface area contributed by atoms with Crippen molar-refractivity contribution in [2.75, 3.05) is 5.32 Å². The van der Waals surface area contributed by atoms with E-state index in [1.807, 2.05) is 36.4 Å². The first-order chi connectivity index (χ1) is 13.3. The van der Waals surface area contributed by atoms with Gasteiger partial charge in [0.25, 0.3) is 11.6 Å². The lowest BCUT2D eigenvalue weighted by molar-refractivity contribution is -0.384. The highest BCUT2D eigenvalue weighted by Crippen LogP contribution is 2.33. The van der Waals surface area contributed by atoms with Gasteiger partial charge in [-0.05, 0) is 17.5 Å². The van der Waals surface area contributed by atoms with E-state index in [0.717, 1.165) is 16.8 Å². The fraction of sp³-hybridized carbons (Fsp3) is 0.105. The third-order valence-electron chi connectivity index (χ3n) is 4.01. The number of nitrogens with one attached hydrogen (secondary N) is 2. The maximum Gasteiger partial charge on any atom is 0.270 e. The predicted molar refractivity (Wildman–Crippen MR) is 112 cm³/mol. The van der Waals surface area contributed by atoms with Crippen LogP contribution in [0.2, 0.25) is 0 Å². The maximum atomic E-state index is 12.6. The molecule has 6 nitrogen and oxygen atoms in total. The molecule has 0 saturated carbocycles. The average molecular weight is 439 g/mol. The number of alkyl halides is 3. The summed E-state index contributed by atoms with van der Waals surface area (Å²) in [5, 5.41) is 18.4. The highest BCUT2D eigenvalue weighted by Gasteiger charge is 2.34. The van der Waals surface area contributed by atoms with Crippen LogP contribution in [0.3, 0.4) is 0 Å². The molecule has 0 aromatic heterocycles. The summed E-state index contributed by atoms with van der Waals surface area (Å²) in [7, 11) is 0. The predicted octanol–water partition coefficient (Wildman–Crippen LogP) is 5.29. The van der Waals surface area contributed by atoms with Crippen molar-refractivity contribution in [2.45, 2.75) is 9.96 Å². The lowest BCUT2D eigenvalue weighted by Gasteiger charge is -2.28. The van der Waals surface area contributed by atoms with Crippen molar-refractivity contribution in [3.05, 3.63) is 82.4 Å². The van der Waals surface area contributed by atoms with Gasteiger partial charge in [0.05, 0.1) is 4.92 Å². The zero-order valence-electron chi connectivity index (χ0n) is 14.2. The third-order valence-corrected chi connectivity index (χ3v) is 4.67. The van der Waals surface area contributed by atoms with Crippen LogP contribution in [0.5, 0.6) is 0 Å². The van der Waals surface area contributed by atoms with Gasteiger partial charge in [0.1, 0.15) is 6.17 Å². The van der Waals surface area contributed by atoms with Gasteiger partial charge in [-0.3, -0.25) is 14.9 Å². The molecule has 3 aromatic rings. The zero-order valence-corrected chi connectivity index (χ0v) is 16.5. The smallest absolute Gasteiger partial charge is 0.270 e. The van der Waals surface area contributed by atoms with E-state index in [9.17, 15) is 14.9 Å². The molecule has 0 aliphatic carbocycles. The number of fused-ring (bicyclic) bond motifs is 1. The number of amides is 1. The monoisotopic (exact) mass is 437 g/mol. The van der Waals surface area contributed by atoms with Crippen LogP contribution in [-0.4, -0.2) is 20.8 Å². The topological polar surface area (TPSA) is 84.3 Å². The number of nitro benzene ring substituents is 1. The highest BCUT2D eigenvalue weighted by atomic mass is 35.6. The lowest BCUT2D eigenvalue weighted by atomic mass is 10.1. The van der Waals surface area contributed by atoms with Gasteiger partial charge in [-0.1, -0.05) is 77.3 Å². The second-order valence-electron chi connectivity index (χ2n) is 5.93. The number of rotatable bonds is 5. The summed E-state index contributed by atoms with van der Waals surface area (Å²) in [6.45, 7) is 0. The van der Waals surface area contributed by atoms with E-state index in [4.69, 9.17) is 34.8 Å². The molecule has 144 valence electrons. The van der Waals surface area contributed by atoms with Gasteiger partial charge in [0, 0.05) is 28.8 Å². The lowest BCUT2D eigenvalue weighted by Crippen LogP contribution is -2.49. The maximum absolute atomic E-state index is 12.6. The summed E-state index contributed by atoms with van der Waals surface area (Å²) in [6.07, 6.45) is -1.09. The van der Waals surface area contributed by atoms with Crippen LogP contribution >= 0.6 is 34.8 Å². The van der Waals surface area contributed by atoms with E-state index in [2.05, 4.69) is 10.6 Å². The Morgan fingerprint density at radius 3 is 2.39 bits per heavy atom. The second-order valence-corrected chi connectivity index (χ2v) is 8.30. The summed E-state index contributed by atoms with van der Waals surface area (Å²) in [4.78, 5) is 22.9. The fourth-order valence-electron chi connectivity index (χ4n) is 2.68. The van der Waals surface area contributed by atoms with Gasteiger partial charge in [0.2, 0.25) is 3.79 Å². The Morgan fingerprint density at radius 1 is 1.00 bits per heavy atom. The first-order valence-electron chi connectivity index (χ1n) is 8.12. The van der Waals surface area contributed by atoms with Crippen LogP contribution in [0.25, 0.3) is 10.8 Å². The van der Waals surface area contributed by atoms with Crippen molar-refractivity contribution < 1.29 is 9.72 Å². The molecule has 0 spiro atoms. The minimum atomic E-state index is -1.88. The molecule has 0 aliphatic heterocycles. The van der Waals surface area contributed by atoms with E-state index in [1.54, 1.807) is 6.07 Å². The molecule has 3 aromatic carbocycles. The van der Waals surface area contributed by atoms with Crippen molar-refractivity contribution in [1.29, 1.82) is 0 Å². The summed E-state index contributed by atoms with van der Waals surface area (Å²) < 4.78 is -1.88. The number of nitro groups is 1. The molecule has 0 aliphatic rings. The van der Waals surface area contributed by atoms with Gasteiger partial charge < -0.3 is 10.6 Å². The molecular weight excluding hydrogens is 425 g/mol. The van der Waals surface area contributed by atoms with Crippen molar-refractivity contribution in [3.8, 4) is 0 Å². The van der Waals surface area contributed by atoms with E-state index in [-0.39, 0.29) is 11.3 Å². The summed E-state index contributed by atoms with van der Waals surface area (Å²) in [5.74, 6) is -0.618. The molecule has 0 heterocycles. The second kappa shape index (κ2) is 8.22. The molecule has 3 rings (SSSR count).